The van der Waals surface area contributed by atoms with Crippen molar-refractivity contribution in [2.45, 2.75) is 32.6 Å². The van der Waals surface area contributed by atoms with Crippen molar-refractivity contribution in [1.29, 1.82) is 0 Å². The Morgan fingerprint density at radius 2 is 1.70 bits per heavy atom. The van der Waals surface area contributed by atoms with Crippen LogP contribution in [-0.4, -0.2) is 16.5 Å². The van der Waals surface area contributed by atoms with Crippen molar-refractivity contribution in [1.82, 2.24) is 9.97 Å². The van der Waals surface area contributed by atoms with E-state index in [0.29, 0.717) is 30.3 Å². The third-order valence-corrected chi connectivity index (χ3v) is 4.31. The molecule has 3 aromatic rings. The quantitative estimate of drug-likeness (QED) is 0.622. The van der Waals surface area contributed by atoms with Crippen molar-refractivity contribution in [3.63, 3.8) is 0 Å². The molecule has 2 N–H and O–H groups in total. The molecule has 0 saturated carbocycles. The summed E-state index contributed by atoms with van der Waals surface area (Å²) in [5.74, 6) is 1.04. The van der Waals surface area contributed by atoms with Crippen LogP contribution in [0.4, 0.5) is 21.8 Å². The van der Waals surface area contributed by atoms with Crippen molar-refractivity contribution in [2.75, 3.05) is 17.2 Å². The van der Waals surface area contributed by atoms with Crippen molar-refractivity contribution < 1.29 is 4.39 Å². The van der Waals surface area contributed by atoms with Gasteiger partial charge in [0, 0.05) is 18.4 Å². The maximum absolute atomic E-state index is 13.7. The minimum absolute atomic E-state index is 0.128. The molecular formula is C22H25FN4. The average Bonchev–Trinajstić information content (AvgIpc) is 2.63. The van der Waals surface area contributed by atoms with Crippen LogP contribution < -0.4 is 10.6 Å². The van der Waals surface area contributed by atoms with Gasteiger partial charge in [0.25, 0.3) is 0 Å². The van der Waals surface area contributed by atoms with Gasteiger partial charge in [-0.3, -0.25) is 0 Å². The number of anilines is 3. The summed E-state index contributed by atoms with van der Waals surface area (Å²) >= 11 is 0. The molecule has 3 rings (SSSR count). The molecule has 0 aliphatic heterocycles. The molecule has 0 unspecified atom stereocenters. The fourth-order valence-corrected chi connectivity index (χ4v) is 2.73. The number of nitrogens with one attached hydrogen (secondary N) is 2. The molecule has 0 aliphatic rings. The molecule has 0 bridgehead atoms. The normalized spacial score (nSPS) is 11.3. The van der Waals surface area contributed by atoms with Crippen molar-refractivity contribution in [3.8, 4) is 0 Å². The zero-order valence-corrected chi connectivity index (χ0v) is 16.0. The van der Waals surface area contributed by atoms with E-state index in [0.717, 1.165) is 5.69 Å². The van der Waals surface area contributed by atoms with Gasteiger partial charge in [0.15, 0.2) is 0 Å². The Kier molecular flexibility index (Phi) is 5.69. The molecule has 0 aliphatic carbocycles. The summed E-state index contributed by atoms with van der Waals surface area (Å²) in [4.78, 5) is 8.69. The van der Waals surface area contributed by atoms with E-state index < -0.39 is 0 Å². The predicted octanol–water partition coefficient (Wildman–Crippen LogP) is 5.31. The average molecular weight is 364 g/mol. The van der Waals surface area contributed by atoms with Gasteiger partial charge in [-0.1, -0.05) is 51.1 Å². The lowest BCUT2D eigenvalue weighted by molar-refractivity contribution is 0.590. The summed E-state index contributed by atoms with van der Waals surface area (Å²) in [6, 6.07) is 17.0. The van der Waals surface area contributed by atoms with E-state index in [4.69, 9.17) is 0 Å². The summed E-state index contributed by atoms with van der Waals surface area (Å²) in [5, 5.41) is 6.44. The summed E-state index contributed by atoms with van der Waals surface area (Å²) in [7, 11) is 0. The first-order valence-corrected chi connectivity index (χ1v) is 9.10. The highest BCUT2D eigenvalue weighted by molar-refractivity contribution is 5.57. The van der Waals surface area contributed by atoms with Crippen LogP contribution in [0, 0.1) is 5.82 Å². The monoisotopic (exact) mass is 364 g/mol. The zero-order chi connectivity index (χ0) is 19.3. The largest absolute Gasteiger partial charge is 0.354 e. The van der Waals surface area contributed by atoms with Crippen LogP contribution in [0.15, 0.2) is 60.8 Å². The van der Waals surface area contributed by atoms with Gasteiger partial charge in [-0.2, -0.15) is 4.98 Å². The predicted molar refractivity (Wildman–Crippen MR) is 109 cm³/mol. The maximum atomic E-state index is 13.7. The van der Waals surface area contributed by atoms with E-state index in [9.17, 15) is 4.39 Å². The van der Waals surface area contributed by atoms with Gasteiger partial charge in [0.05, 0.1) is 0 Å². The van der Waals surface area contributed by atoms with E-state index >= 15 is 0 Å². The SMILES string of the molecule is CC(C)(C)c1ccc(Nc2ccnc(NCCc3ccccc3F)n2)cc1. The number of nitrogens with zero attached hydrogens (tertiary/aromatic N) is 2. The Hall–Kier alpha value is -2.95. The highest BCUT2D eigenvalue weighted by atomic mass is 19.1. The zero-order valence-electron chi connectivity index (χ0n) is 16.0. The lowest BCUT2D eigenvalue weighted by atomic mass is 9.87. The summed E-state index contributed by atoms with van der Waals surface area (Å²) in [6.45, 7) is 7.14. The van der Waals surface area contributed by atoms with Crippen LogP contribution in [-0.2, 0) is 11.8 Å². The molecule has 0 spiro atoms. The lowest BCUT2D eigenvalue weighted by Gasteiger charge is -2.19. The third-order valence-electron chi connectivity index (χ3n) is 4.31. The second-order valence-electron chi connectivity index (χ2n) is 7.49. The van der Waals surface area contributed by atoms with E-state index in [2.05, 4.69) is 53.5 Å². The second-order valence-corrected chi connectivity index (χ2v) is 7.49. The van der Waals surface area contributed by atoms with Gasteiger partial charge < -0.3 is 10.6 Å². The third kappa shape index (κ3) is 5.26. The van der Waals surface area contributed by atoms with Crippen LogP contribution in [0.5, 0.6) is 0 Å². The molecule has 0 radical (unpaired) electrons. The van der Waals surface area contributed by atoms with E-state index in [1.165, 1.54) is 11.6 Å². The Labute approximate surface area is 159 Å². The van der Waals surface area contributed by atoms with E-state index in [-0.39, 0.29) is 11.2 Å². The standard InChI is InChI=1S/C22H25FN4/c1-22(2,3)17-8-10-18(11-9-17)26-20-13-15-25-21(27-20)24-14-12-16-6-4-5-7-19(16)23/h4-11,13,15H,12,14H2,1-3H3,(H2,24,25,26,27). The first kappa shape index (κ1) is 18.8. The Morgan fingerprint density at radius 3 is 2.41 bits per heavy atom. The molecule has 27 heavy (non-hydrogen) atoms. The summed E-state index contributed by atoms with van der Waals surface area (Å²) in [6.07, 6.45) is 2.27. The van der Waals surface area contributed by atoms with Crippen LogP contribution in [0.25, 0.3) is 0 Å². The molecule has 2 aromatic carbocycles. The number of hydrogen-bond donors (Lipinski definition) is 2. The Balaban J connectivity index is 1.59. The number of hydrogen-bond acceptors (Lipinski definition) is 4. The Morgan fingerprint density at radius 1 is 0.963 bits per heavy atom. The summed E-state index contributed by atoms with van der Waals surface area (Å²) in [5.41, 5.74) is 3.06. The van der Waals surface area contributed by atoms with Crippen molar-refractivity contribution >= 4 is 17.5 Å². The first-order chi connectivity index (χ1) is 12.9. The Bertz CT molecular complexity index is 885. The van der Waals surface area contributed by atoms with Crippen LogP contribution >= 0.6 is 0 Å². The molecule has 1 aromatic heterocycles. The van der Waals surface area contributed by atoms with Crippen molar-refractivity contribution in [2.24, 2.45) is 0 Å². The fraction of sp³-hybridized carbons (Fsp3) is 0.273. The highest BCUT2D eigenvalue weighted by Gasteiger charge is 2.12. The highest BCUT2D eigenvalue weighted by Crippen LogP contribution is 2.24. The van der Waals surface area contributed by atoms with Gasteiger partial charge in [0.2, 0.25) is 5.95 Å². The summed E-state index contributed by atoms with van der Waals surface area (Å²) < 4.78 is 13.7. The molecule has 140 valence electrons. The van der Waals surface area contributed by atoms with E-state index in [1.54, 1.807) is 18.3 Å². The van der Waals surface area contributed by atoms with Crippen LogP contribution in [0.2, 0.25) is 0 Å². The number of halogens is 1. The van der Waals surface area contributed by atoms with Gasteiger partial charge in [-0.25, -0.2) is 9.37 Å². The molecular weight excluding hydrogens is 339 g/mol. The number of aromatic nitrogens is 2. The van der Waals surface area contributed by atoms with Crippen molar-refractivity contribution in [3.05, 3.63) is 77.7 Å². The van der Waals surface area contributed by atoms with Gasteiger partial charge in [-0.05, 0) is 47.2 Å². The molecule has 0 saturated heterocycles. The van der Waals surface area contributed by atoms with E-state index in [1.807, 2.05) is 24.3 Å². The van der Waals surface area contributed by atoms with Gasteiger partial charge in [0.1, 0.15) is 11.6 Å². The molecule has 4 nitrogen and oxygen atoms in total. The van der Waals surface area contributed by atoms with Gasteiger partial charge in [-0.15, -0.1) is 0 Å². The molecule has 0 amide bonds. The number of rotatable bonds is 6. The molecule has 5 heteroatoms. The van der Waals surface area contributed by atoms with Gasteiger partial charge >= 0.3 is 0 Å². The number of benzene rings is 2. The van der Waals surface area contributed by atoms with Crippen LogP contribution in [0.3, 0.4) is 0 Å². The molecule has 0 atom stereocenters. The minimum atomic E-state index is -0.186. The lowest BCUT2D eigenvalue weighted by Crippen LogP contribution is -2.11. The fourth-order valence-electron chi connectivity index (χ4n) is 2.73. The van der Waals surface area contributed by atoms with Crippen LogP contribution in [0.1, 0.15) is 31.9 Å². The second kappa shape index (κ2) is 8.16. The first-order valence-electron chi connectivity index (χ1n) is 9.10. The minimum Gasteiger partial charge on any atom is -0.354 e. The molecule has 0 fully saturated rings. The molecule has 1 heterocycles. The maximum Gasteiger partial charge on any atom is 0.224 e. The topological polar surface area (TPSA) is 49.8 Å². The smallest absolute Gasteiger partial charge is 0.224 e.